The summed E-state index contributed by atoms with van der Waals surface area (Å²) in [6.07, 6.45) is 4.04. The lowest BCUT2D eigenvalue weighted by molar-refractivity contribution is -0.123. The van der Waals surface area contributed by atoms with Gasteiger partial charge in [0, 0.05) is 17.4 Å². The minimum atomic E-state index is -0.509. The molecule has 2 aliphatic rings. The summed E-state index contributed by atoms with van der Waals surface area (Å²) in [6, 6.07) is 0.451. The quantitative estimate of drug-likeness (QED) is 0.395. The molecule has 126 valence electrons. The van der Waals surface area contributed by atoms with E-state index in [0.29, 0.717) is 18.1 Å². The van der Waals surface area contributed by atoms with Crippen molar-refractivity contribution < 1.29 is 14.7 Å². The fourth-order valence-electron chi connectivity index (χ4n) is 2.91. The fourth-order valence-corrected chi connectivity index (χ4v) is 4.46. The first kappa shape index (κ1) is 17.4. The number of rotatable bonds is 8. The Bertz CT molecular complexity index is 415. The van der Waals surface area contributed by atoms with Crippen LogP contribution in [-0.2, 0) is 4.79 Å². The van der Waals surface area contributed by atoms with E-state index in [1.54, 1.807) is 0 Å². The van der Waals surface area contributed by atoms with Crippen LogP contribution >= 0.6 is 11.8 Å². The number of unbranched alkanes of at least 4 members (excludes halogenated alkanes) is 1. The molecule has 0 bridgehead atoms. The van der Waals surface area contributed by atoms with Crippen molar-refractivity contribution >= 4 is 23.7 Å². The highest BCUT2D eigenvalue weighted by molar-refractivity contribution is 8.00. The summed E-state index contributed by atoms with van der Waals surface area (Å²) in [5.74, 6) is 0.978. The van der Waals surface area contributed by atoms with Crippen molar-refractivity contribution in [2.45, 2.75) is 68.8 Å². The first-order valence-electron chi connectivity index (χ1n) is 8.08. The Balaban J connectivity index is 1.63. The molecule has 2 heterocycles. The molecule has 6 nitrogen and oxygen atoms in total. The maximum absolute atomic E-state index is 11.9. The lowest BCUT2D eigenvalue weighted by atomic mass is 9.99. The number of nitrogens with one attached hydrogen (secondary N) is 3. The molecule has 4 atom stereocenters. The van der Waals surface area contributed by atoms with E-state index >= 15 is 0 Å². The molecule has 4 unspecified atom stereocenters. The molecular formula is C15H27N3O3S. The van der Waals surface area contributed by atoms with E-state index in [0.717, 1.165) is 25.0 Å². The average Bonchev–Trinajstić information content (AvgIpc) is 3.03. The maximum atomic E-state index is 11.9. The van der Waals surface area contributed by atoms with Gasteiger partial charge in [-0.05, 0) is 26.2 Å². The number of amides is 3. The number of aliphatic hydroxyl groups is 1. The van der Waals surface area contributed by atoms with Crippen molar-refractivity contribution in [3.05, 3.63) is 0 Å². The molecule has 0 spiro atoms. The highest BCUT2D eigenvalue weighted by Gasteiger charge is 2.42. The lowest BCUT2D eigenvalue weighted by Crippen LogP contribution is -2.48. The van der Waals surface area contributed by atoms with Gasteiger partial charge in [0.1, 0.15) is 0 Å². The number of urea groups is 1. The standard InChI is InChI=1S/C15H27N3O3S/c1-3-15(2,9-19)18-12(20)7-5-4-6-11-13-10(8-22-11)16-14(21)17-13/h10-11,13,19H,3-9H2,1-2H3,(H,18,20)(H2,16,17,21). The third-order valence-corrected chi connectivity index (χ3v) is 6.16. The number of hydrogen-bond donors (Lipinski definition) is 4. The number of carbonyl (C=O) groups is 2. The Morgan fingerprint density at radius 1 is 1.45 bits per heavy atom. The van der Waals surface area contributed by atoms with Crippen LogP contribution in [0.2, 0.25) is 0 Å². The van der Waals surface area contributed by atoms with Gasteiger partial charge in [0.25, 0.3) is 0 Å². The van der Waals surface area contributed by atoms with E-state index in [-0.39, 0.29) is 30.6 Å². The van der Waals surface area contributed by atoms with Crippen LogP contribution in [0.3, 0.4) is 0 Å². The maximum Gasteiger partial charge on any atom is 0.315 e. The van der Waals surface area contributed by atoms with Gasteiger partial charge >= 0.3 is 6.03 Å². The first-order chi connectivity index (χ1) is 10.5. The van der Waals surface area contributed by atoms with Gasteiger partial charge in [-0.25, -0.2) is 4.79 Å². The molecule has 0 aromatic heterocycles. The Hall–Kier alpha value is -0.950. The van der Waals surface area contributed by atoms with Crippen molar-refractivity contribution in [2.24, 2.45) is 0 Å². The largest absolute Gasteiger partial charge is 0.394 e. The van der Waals surface area contributed by atoms with Crippen LogP contribution in [0.25, 0.3) is 0 Å². The molecule has 22 heavy (non-hydrogen) atoms. The second-order valence-electron chi connectivity index (χ2n) is 6.49. The molecule has 2 aliphatic heterocycles. The molecule has 0 saturated carbocycles. The van der Waals surface area contributed by atoms with Crippen LogP contribution in [0.15, 0.2) is 0 Å². The predicted molar refractivity (Wildman–Crippen MR) is 87.9 cm³/mol. The van der Waals surface area contributed by atoms with Crippen LogP contribution < -0.4 is 16.0 Å². The van der Waals surface area contributed by atoms with Gasteiger partial charge in [0.05, 0.1) is 24.2 Å². The Morgan fingerprint density at radius 2 is 2.23 bits per heavy atom. The molecule has 0 radical (unpaired) electrons. The highest BCUT2D eigenvalue weighted by atomic mass is 32.2. The summed E-state index contributed by atoms with van der Waals surface area (Å²) in [5, 5.41) is 18.6. The summed E-state index contributed by atoms with van der Waals surface area (Å²) in [5.41, 5.74) is -0.509. The van der Waals surface area contributed by atoms with Crippen molar-refractivity contribution in [3.8, 4) is 0 Å². The Kier molecular flexibility index (Phi) is 5.97. The van der Waals surface area contributed by atoms with Gasteiger partial charge in [-0.15, -0.1) is 0 Å². The molecule has 0 aromatic rings. The molecule has 3 amide bonds. The van der Waals surface area contributed by atoms with Gasteiger partial charge in [0.2, 0.25) is 5.91 Å². The van der Waals surface area contributed by atoms with Crippen molar-refractivity contribution in [1.29, 1.82) is 0 Å². The molecule has 2 fully saturated rings. The zero-order chi connectivity index (χ0) is 16.2. The van der Waals surface area contributed by atoms with Gasteiger partial charge < -0.3 is 21.1 Å². The molecule has 0 aliphatic carbocycles. The summed E-state index contributed by atoms with van der Waals surface area (Å²) in [4.78, 5) is 23.2. The number of hydrogen-bond acceptors (Lipinski definition) is 4. The van der Waals surface area contributed by atoms with E-state index in [2.05, 4.69) is 16.0 Å². The van der Waals surface area contributed by atoms with E-state index < -0.39 is 5.54 Å². The minimum absolute atomic E-state index is 0.00573. The molecule has 4 N–H and O–H groups in total. The van der Waals surface area contributed by atoms with E-state index in [1.165, 1.54) is 0 Å². The number of aliphatic hydroxyl groups excluding tert-OH is 1. The topological polar surface area (TPSA) is 90.5 Å². The Labute approximate surface area is 136 Å². The first-order valence-corrected chi connectivity index (χ1v) is 9.13. The SMILES string of the molecule is CCC(C)(CO)NC(=O)CCCCC1SCC2NC(=O)NC21. The predicted octanol–water partition coefficient (Wildman–Crippen LogP) is 0.989. The van der Waals surface area contributed by atoms with Gasteiger partial charge in [0.15, 0.2) is 0 Å². The third-order valence-electron chi connectivity index (χ3n) is 4.65. The number of fused-ring (bicyclic) bond motifs is 1. The van der Waals surface area contributed by atoms with Crippen LogP contribution in [0.5, 0.6) is 0 Å². The van der Waals surface area contributed by atoms with Crippen molar-refractivity contribution in [1.82, 2.24) is 16.0 Å². The van der Waals surface area contributed by atoms with E-state index in [1.807, 2.05) is 25.6 Å². The number of thioether (sulfide) groups is 1. The van der Waals surface area contributed by atoms with Gasteiger partial charge in [-0.1, -0.05) is 13.3 Å². The smallest absolute Gasteiger partial charge is 0.315 e. The Morgan fingerprint density at radius 3 is 2.91 bits per heavy atom. The van der Waals surface area contributed by atoms with Crippen molar-refractivity contribution in [3.63, 3.8) is 0 Å². The van der Waals surface area contributed by atoms with Gasteiger partial charge in [-0.2, -0.15) is 11.8 Å². The number of carbonyl (C=O) groups excluding carboxylic acids is 2. The summed E-state index contributed by atoms with van der Waals surface area (Å²) in [7, 11) is 0. The van der Waals surface area contributed by atoms with Crippen LogP contribution in [0.1, 0.15) is 46.0 Å². The molecule has 2 saturated heterocycles. The van der Waals surface area contributed by atoms with Gasteiger partial charge in [-0.3, -0.25) is 4.79 Å². The highest BCUT2D eigenvalue weighted by Crippen LogP contribution is 2.33. The molecular weight excluding hydrogens is 302 g/mol. The third kappa shape index (κ3) is 4.29. The second kappa shape index (κ2) is 7.55. The van der Waals surface area contributed by atoms with Crippen LogP contribution in [-0.4, -0.2) is 52.3 Å². The molecule has 7 heteroatoms. The molecule has 2 rings (SSSR count). The zero-order valence-corrected chi connectivity index (χ0v) is 14.2. The second-order valence-corrected chi connectivity index (χ2v) is 7.76. The van der Waals surface area contributed by atoms with Crippen LogP contribution in [0, 0.1) is 0 Å². The minimum Gasteiger partial charge on any atom is -0.394 e. The van der Waals surface area contributed by atoms with Crippen molar-refractivity contribution in [2.75, 3.05) is 12.4 Å². The van der Waals surface area contributed by atoms with E-state index in [4.69, 9.17) is 0 Å². The van der Waals surface area contributed by atoms with E-state index in [9.17, 15) is 14.7 Å². The normalized spacial score (nSPS) is 29.4. The summed E-state index contributed by atoms with van der Waals surface area (Å²) in [6.45, 7) is 3.77. The zero-order valence-electron chi connectivity index (χ0n) is 13.4. The monoisotopic (exact) mass is 329 g/mol. The van der Waals surface area contributed by atoms with Crippen LogP contribution in [0.4, 0.5) is 4.79 Å². The summed E-state index contributed by atoms with van der Waals surface area (Å²) >= 11 is 1.90. The summed E-state index contributed by atoms with van der Waals surface area (Å²) < 4.78 is 0. The fraction of sp³-hybridized carbons (Fsp3) is 0.867. The molecule has 0 aromatic carbocycles. The average molecular weight is 329 g/mol. The lowest BCUT2D eigenvalue weighted by Gasteiger charge is -2.27.